The molecule has 0 aromatic heterocycles. The average molecular weight is 419 g/mol. The molecule has 3 aromatic rings. The van der Waals surface area contributed by atoms with Crippen molar-refractivity contribution in [3.8, 4) is 17.2 Å². The molecule has 7 heteroatoms. The second-order valence-corrected chi connectivity index (χ2v) is 6.93. The van der Waals surface area contributed by atoms with Crippen molar-refractivity contribution in [3.63, 3.8) is 0 Å². The normalized spacial score (nSPS) is 12.8. The summed E-state index contributed by atoms with van der Waals surface area (Å²) in [6.07, 6.45) is -0.939. The Morgan fingerprint density at radius 2 is 1.65 bits per heavy atom. The van der Waals surface area contributed by atoms with Gasteiger partial charge in [-0.1, -0.05) is 48.5 Å². The van der Waals surface area contributed by atoms with Gasteiger partial charge >= 0.3 is 0 Å². The zero-order valence-corrected chi connectivity index (χ0v) is 16.6. The Kier molecular flexibility index (Phi) is 6.14. The molecule has 1 amide bonds. The second kappa shape index (κ2) is 9.32. The molecular weight excluding hydrogens is 398 g/mol. The van der Waals surface area contributed by atoms with Gasteiger partial charge in [0, 0.05) is 23.7 Å². The van der Waals surface area contributed by atoms with Crippen LogP contribution in [0.4, 0.5) is 0 Å². The lowest BCUT2D eigenvalue weighted by molar-refractivity contribution is 0.0839. The quantitative estimate of drug-likeness (QED) is 0.546. The molecule has 3 aromatic carbocycles. The molecule has 0 aliphatic carbocycles. The van der Waals surface area contributed by atoms with Gasteiger partial charge in [-0.3, -0.25) is 9.59 Å². The number of fused-ring (bicyclic) bond motifs is 1. The molecule has 158 valence electrons. The highest BCUT2D eigenvalue weighted by Gasteiger charge is 2.19. The number of carbonyl (C=O) groups excluding carboxylic acids is 2. The minimum absolute atomic E-state index is 0.0233. The highest BCUT2D eigenvalue weighted by molar-refractivity contribution is 6.15. The van der Waals surface area contributed by atoms with Crippen molar-refractivity contribution >= 4 is 11.7 Å². The fraction of sp³-hybridized carbons (Fsp3) is 0.167. The molecule has 2 N–H and O–H groups in total. The molecule has 0 bridgehead atoms. The van der Waals surface area contributed by atoms with Crippen LogP contribution in [0.1, 0.15) is 26.3 Å². The van der Waals surface area contributed by atoms with Gasteiger partial charge in [-0.05, 0) is 18.2 Å². The molecule has 4 rings (SSSR count). The molecule has 0 radical (unpaired) electrons. The maximum absolute atomic E-state index is 12.8. The molecule has 1 atom stereocenters. The first kappa shape index (κ1) is 20.4. The number of hydrogen-bond donors (Lipinski definition) is 2. The van der Waals surface area contributed by atoms with Gasteiger partial charge in [-0.25, -0.2) is 0 Å². The minimum Gasteiger partial charge on any atom is -0.491 e. The zero-order valence-electron chi connectivity index (χ0n) is 16.6. The Morgan fingerprint density at radius 3 is 2.45 bits per heavy atom. The Balaban J connectivity index is 1.34. The number of rotatable bonds is 8. The highest BCUT2D eigenvalue weighted by atomic mass is 16.7. The van der Waals surface area contributed by atoms with Crippen LogP contribution >= 0.6 is 0 Å². The van der Waals surface area contributed by atoms with E-state index in [9.17, 15) is 14.7 Å². The molecule has 1 unspecified atom stereocenters. The topological polar surface area (TPSA) is 94.1 Å². The van der Waals surface area contributed by atoms with E-state index < -0.39 is 12.0 Å². The van der Waals surface area contributed by atoms with Gasteiger partial charge in [0.15, 0.2) is 17.3 Å². The van der Waals surface area contributed by atoms with Gasteiger partial charge in [0.2, 0.25) is 6.79 Å². The monoisotopic (exact) mass is 419 g/mol. The number of nitrogens with one attached hydrogen (secondary N) is 1. The van der Waals surface area contributed by atoms with Crippen LogP contribution in [-0.4, -0.2) is 42.8 Å². The van der Waals surface area contributed by atoms with Crippen LogP contribution < -0.4 is 19.5 Å². The summed E-state index contributed by atoms with van der Waals surface area (Å²) in [4.78, 5) is 25.4. The molecule has 0 saturated carbocycles. The fourth-order valence-electron chi connectivity index (χ4n) is 3.15. The second-order valence-electron chi connectivity index (χ2n) is 6.93. The van der Waals surface area contributed by atoms with E-state index in [-0.39, 0.29) is 31.3 Å². The van der Waals surface area contributed by atoms with Crippen LogP contribution in [0.15, 0.2) is 72.8 Å². The van der Waals surface area contributed by atoms with Crippen LogP contribution in [0.5, 0.6) is 17.2 Å². The van der Waals surface area contributed by atoms with Crippen LogP contribution in [0.25, 0.3) is 0 Å². The Bertz CT molecular complexity index is 1080. The number of hydrogen-bond acceptors (Lipinski definition) is 6. The molecule has 1 aliphatic heterocycles. The summed E-state index contributed by atoms with van der Waals surface area (Å²) in [6, 6.07) is 20.5. The Morgan fingerprint density at radius 1 is 0.935 bits per heavy atom. The zero-order chi connectivity index (χ0) is 21.6. The Hall–Kier alpha value is -3.84. The molecule has 31 heavy (non-hydrogen) atoms. The summed E-state index contributed by atoms with van der Waals surface area (Å²) in [6.45, 7) is 0.115. The van der Waals surface area contributed by atoms with Gasteiger partial charge in [-0.15, -0.1) is 0 Å². The minimum atomic E-state index is -0.939. The predicted octanol–water partition coefficient (Wildman–Crippen LogP) is 2.82. The number of aliphatic hydroxyl groups is 1. The van der Waals surface area contributed by atoms with Gasteiger partial charge in [-0.2, -0.15) is 0 Å². The van der Waals surface area contributed by atoms with Crippen molar-refractivity contribution in [2.45, 2.75) is 6.10 Å². The molecular formula is C24H21NO6. The smallest absolute Gasteiger partial charge is 0.252 e. The van der Waals surface area contributed by atoms with Gasteiger partial charge in [0.25, 0.3) is 5.91 Å². The summed E-state index contributed by atoms with van der Waals surface area (Å²) in [5, 5.41) is 12.9. The molecule has 1 heterocycles. The van der Waals surface area contributed by atoms with Crippen LogP contribution in [0.2, 0.25) is 0 Å². The van der Waals surface area contributed by atoms with Crippen molar-refractivity contribution in [1.82, 2.24) is 5.32 Å². The number of benzene rings is 3. The summed E-state index contributed by atoms with van der Waals surface area (Å²) in [7, 11) is 0. The molecule has 1 aliphatic rings. The van der Waals surface area contributed by atoms with Crippen molar-refractivity contribution in [1.29, 1.82) is 0 Å². The predicted molar refractivity (Wildman–Crippen MR) is 113 cm³/mol. The lowest BCUT2D eigenvalue weighted by Crippen LogP contribution is -2.35. The van der Waals surface area contributed by atoms with E-state index in [1.807, 2.05) is 6.07 Å². The SMILES string of the molecule is O=C(NCC(O)COc1ccc2c(c1)OCO2)c1ccccc1C(=O)c1ccccc1. The first-order valence-electron chi connectivity index (χ1n) is 9.79. The first-order valence-corrected chi connectivity index (χ1v) is 9.79. The van der Waals surface area contributed by atoms with Gasteiger partial charge in [0.05, 0.1) is 5.56 Å². The third-order valence-corrected chi connectivity index (χ3v) is 4.74. The maximum Gasteiger partial charge on any atom is 0.252 e. The van der Waals surface area contributed by atoms with E-state index in [4.69, 9.17) is 14.2 Å². The number of carbonyl (C=O) groups is 2. The summed E-state index contributed by atoms with van der Waals surface area (Å²) in [5.74, 6) is 1.07. The van der Waals surface area contributed by atoms with Gasteiger partial charge in [0.1, 0.15) is 18.5 Å². The van der Waals surface area contributed by atoms with Crippen LogP contribution in [0, 0.1) is 0 Å². The van der Waals surface area contributed by atoms with E-state index in [1.165, 1.54) is 0 Å². The van der Waals surface area contributed by atoms with Crippen LogP contribution in [-0.2, 0) is 0 Å². The summed E-state index contributed by atoms with van der Waals surface area (Å²) >= 11 is 0. The van der Waals surface area contributed by atoms with E-state index in [1.54, 1.807) is 66.7 Å². The van der Waals surface area contributed by atoms with Gasteiger partial charge < -0.3 is 24.6 Å². The lowest BCUT2D eigenvalue weighted by atomic mass is 9.98. The Labute approximate surface area is 179 Å². The molecule has 0 spiro atoms. The van der Waals surface area contributed by atoms with Crippen molar-refractivity contribution in [3.05, 3.63) is 89.5 Å². The lowest BCUT2D eigenvalue weighted by Gasteiger charge is -2.14. The summed E-state index contributed by atoms with van der Waals surface area (Å²) < 4.78 is 16.1. The van der Waals surface area contributed by atoms with E-state index in [0.717, 1.165) is 0 Å². The molecule has 7 nitrogen and oxygen atoms in total. The van der Waals surface area contributed by atoms with E-state index >= 15 is 0 Å². The maximum atomic E-state index is 12.8. The van der Waals surface area contributed by atoms with Crippen LogP contribution in [0.3, 0.4) is 0 Å². The molecule has 0 fully saturated rings. The van der Waals surface area contributed by atoms with Crippen molar-refractivity contribution in [2.24, 2.45) is 0 Å². The number of ether oxygens (including phenoxy) is 3. The first-order chi connectivity index (χ1) is 15.1. The van der Waals surface area contributed by atoms with Crippen molar-refractivity contribution < 1.29 is 28.9 Å². The fourth-order valence-corrected chi connectivity index (χ4v) is 3.15. The number of amides is 1. The van der Waals surface area contributed by atoms with E-state index in [0.29, 0.717) is 28.4 Å². The number of ketones is 1. The summed E-state index contributed by atoms with van der Waals surface area (Å²) in [5.41, 5.74) is 1.05. The highest BCUT2D eigenvalue weighted by Crippen LogP contribution is 2.35. The molecule has 0 saturated heterocycles. The third kappa shape index (κ3) is 4.84. The van der Waals surface area contributed by atoms with E-state index in [2.05, 4.69) is 5.32 Å². The average Bonchev–Trinajstić information content (AvgIpc) is 3.29. The van der Waals surface area contributed by atoms with Crippen molar-refractivity contribution in [2.75, 3.05) is 19.9 Å². The third-order valence-electron chi connectivity index (χ3n) is 4.74. The number of aliphatic hydroxyl groups excluding tert-OH is 1. The standard InChI is InChI=1S/C24H21NO6/c26-17(14-29-18-10-11-21-22(12-18)31-15-30-21)13-25-24(28)20-9-5-4-8-19(20)23(27)16-6-2-1-3-7-16/h1-12,17,26H,13-15H2,(H,25,28). The largest absolute Gasteiger partial charge is 0.491 e.